The molecule has 3 rings (SSSR count). The number of hydrogen-bond donors (Lipinski definition) is 1. The number of pyridine rings is 1. The Kier molecular flexibility index (Phi) is 3.11. The van der Waals surface area contributed by atoms with E-state index in [1.54, 1.807) is 12.3 Å². The zero-order valence-electron chi connectivity index (χ0n) is 12.5. The lowest BCUT2D eigenvalue weighted by Gasteiger charge is -2.54. The summed E-state index contributed by atoms with van der Waals surface area (Å²) in [6.07, 6.45) is 1.77. The van der Waals surface area contributed by atoms with Gasteiger partial charge in [-0.05, 0) is 24.3 Å². The summed E-state index contributed by atoms with van der Waals surface area (Å²) < 4.78 is 6.23. The van der Waals surface area contributed by atoms with Crippen LogP contribution in [0.15, 0.2) is 30.5 Å². The fourth-order valence-corrected chi connectivity index (χ4v) is 3.35. The number of rotatable bonds is 2. The predicted octanol–water partition coefficient (Wildman–Crippen LogP) is 2.86. The van der Waals surface area contributed by atoms with Gasteiger partial charge in [-0.25, -0.2) is 0 Å². The normalized spacial score (nSPS) is 26.9. The average molecular weight is 281 g/mol. The van der Waals surface area contributed by atoms with Gasteiger partial charge in [0.25, 0.3) is 0 Å². The van der Waals surface area contributed by atoms with E-state index >= 15 is 0 Å². The van der Waals surface area contributed by atoms with Crippen molar-refractivity contribution >= 4 is 10.9 Å². The van der Waals surface area contributed by atoms with Gasteiger partial charge in [0.2, 0.25) is 0 Å². The standard InChI is InChI=1S/C17H19N3O/c1-10-15(19)17(2,3)16(10)21-13-7-6-11(9-18)14-12(13)5-4-8-20-14/h4-8,10,15-16H,19H2,1-3H3/t10?,15-,16-/m1/s1. The Morgan fingerprint density at radius 1 is 1.33 bits per heavy atom. The number of hydrogen-bond acceptors (Lipinski definition) is 4. The third-order valence-corrected chi connectivity index (χ3v) is 4.74. The summed E-state index contributed by atoms with van der Waals surface area (Å²) in [5, 5.41) is 10.1. The molecule has 1 saturated carbocycles. The maximum Gasteiger partial charge on any atom is 0.129 e. The van der Waals surface area contributed by atoms with Crippen molar-refractivity contribution in [3.63, 3.8) is 0 Å². The molecule has 0 spiro atoms. The molecule has 4 nitrogen and oxygen atoms in total. The van der Waals surface area contributed by atoms with Crippen molar-refractivity contribution in [3.8, 4) is 11.8 Å². The molecular weight excluding hydrogens is 262 g/mol. The molecule has 0 saturated heterocycles. The minimum Gasteiger partial charge on any atom is -0.489 e. The predicted molar refractivity (Wildman–Crippen MR) is 81.8 cm³/mol. The molecule has 1 aliphatic rings. The van der Waals surface area contributed by atoms with Crippen LogP contribution in [-0.4, -0.2) is 17.1 Å². The Balaban J connectivity index is 2.02. The zero-order valence-corrected chi connectivity index (χ0v) is 12.5. The molecule has 108 valence electrons. The Hall–Kier alpha value is -2.12. The molecule has 4 heteroatoms. The van der Waals surface area contributed by atoms with Crippen molar-refractivity contribution in [2.75, 3.05) is 0 Å². The van der Waals surface area contributed by atoms with E-state index in [0.717, 1.165) is 11.1 Å². The molecule has 1 fully saturated rings. The summed E-state index contributed by atoms with van der Waals surface area (Å²) in [7, 11) is 0. The highest BCUT2D eigenvalue weighted by Crippen LogP contribution is 2.46. The van der Waals surface area contributed by atoms with E-state index in [2.05, 4.69) is 31.8 Å². The molecular formula is C17H19N3O. The summed E-state index contributed by atoms with van der Waals surface area (Å²) in [4.78, 5) is 4.31. The second kappa shape index (κ2) is 4.71. The Morgan fingerprint density at radius 2 is 2.10 bits per heavy atom. The Labute approximate surface area is 124 Å². The topological polar surface area (TPSA) is 71.9 Å². The number of nitrogens with two attached hydrogens (primary N) is 1. The smallest absolute Gasteiger partial charge is 0.129 e. The first-order chi connectivity index (χ1) is 9.96. The highest BCUT2D eigenvalue weighted by molar-refractivity contribution is 5.89. The highest BCUT2D eigenvalue weighted by Gasteiger charge is 2.54. The first kappa shape index (κ1) is 13.8. The van der Waals surface area contributed by atoms with E-state index in [0.29, 0.717) is 17.0 Å². The molecule has 2 aromatic rings. The van der Waals surface area contributed by atoms with Gasteiger partial charge in [-0.1, -0.05) is 20.8 Å². The minimum atomic E-state index is -0.0537. The molecule has 0 bridgehead atoms. The monoisotopic (exact) mass is 281 g/mol. The summed E-state index contributed by atoms with van der Waals surface area (Å²) in [5.41, 5.74) is 7.36. The van der Waals surface area contributed by atoms with E-state index in [-0.39, 0.29) is 17.6 Å². The van der Waals surface area contributed by atoms with E-state index in [1.807, 2.05) is 18.2 Å². The maximum atomic E-state index is 9.18. The number of ether oxygens (including phenoxy) is 1. The lowest BCUT2D eigenvalue weighted by atomic mass is 9.58. The van der Waals surface area contributed by atoms with E-state index < -0.39 is 0 Å². The molecule has 0 aliphatic heterocycles. The van der Waals surface area contributed by atoms with Crippen LogP contribution in [-0.2, 0) is 0 Å². The van der Waals surface area contributed by atoms with Crippen molar-refractivity contribution in [3.05, 3.63) is 36.0 Å². The van der Waals surface area contributed by atoms with Crippen LogP contribution >= 0.6 is 0 Å². The number of nitriles is 1. The van der Waals surface area contributed by atoms with Crippen LogP contribution in [0.2, 0.25) is 0 Å². The Bertz CT molecular complexity index is 732. The van der Waals surface area contributed by atoms with Gasteiger partial charge in [-0.2, -0.15) is 5.26 Å². The summed E-state index contributed by atoms with van der Waals surface area (Å²) >= 11 is 0. The lowest BCUT2D eigenvalue weighted by Crippen LogP contribution is -2.66. The first-order valence-electron chi connectivity index (χ1n) is 7.17. The van der Waals surface area contributed by atoms with Crippen molar-refractivity contribution in [1.29, 1.82) is 5.26 Å². The molecule has 1 aliphatic carbocycles. The molecule has 1 unspecified atom stereocenters. The van der Waals surface area contributed by atoms with Crippen molar-refractivity contribution < 1.29 is 4.74 Å². The molecule has 0 amide bonds. The van der Waals surface area contributed by atoms with Crippen molar-refractivity contribution in [2.24, 2.45) is 17.1 Å². The van der Waals surface area contributed by atoms with Gasteiger partial charge < -0.3 is 10.5 Å². The highest BCUT2D eigenvalue weighted by atomic mass is 16.5. The lowest BCUT2D eigenvalue weighted by molar-refractivity contribution is -0.0929. The van der Waals surface area contributed by atoms with Gasteiger partial charge in [0.05, 0.1) is 11.1 Å². The number of nitrogens with zero attached hydrogens (tertiary/aromatic N) is 2. The van der Waals surface area contributed by atoms with Gasteiger partial charge in [0.1, 0.15) is 17.9 Å². The van der Waals surface area contributed by atoms with Crippen LogP contribution in [0.1, 0.15) is 26.3 Å². The summed E-state index contributed by atoms with van der Waals surface area (Å²) in [5.74, 6) is 1.08. The van der Waals surface area contributed by atoms with Gasteiger partial charge >= 0.3 is 0 Å². The Morgan fingerprint density at radius 3 is 2.76 bits per heavy atom. The summed E-state index contributed by atoms with van der Waals surface area (Å²) in [6.45, 7) is 6.38. The van der Waals surface area contributed by atoms with Crippen LogP contribution < -0.4 is 10.5 Å². The van der Waals surface area contributed by atoms with Crippen LogP contribution in [0, 0.1) is 22.7 Å². The molecule has 1 aromatic heterocycles. The SMILES string of the molecule is CC1[C@@H](N)C(C)(C)[C@@H]1Oc1ccc(C#N)c2ncccc12. The van der Waals surface area contributed by atoms with Crippen molar-refractivity contribution in [2.45, 2.75) is 32.9 Å². The van der Waals surface area contributed by atoms with Crippen LogP contribution in [0.25, 0.3) is 10.9 Å². The number of benzene rings is 1. The van der Waals surface area contributed by atoms with Gasteiger partial charge in [-0.3, -0.25) is 4.98 Å². The fraction of sp³-hybridized carbons (Fsp3) is 0.412. The van der Waals surface area contributed by atoms with Gasteiger partial charge in [-0.15, -0.1) is 0 Å². The molecule has 2 N–H and O–H groups in total. The van der Waals surface area contributed by atoms with Crippen LogP contribution in [0.3, 0.4) is 0 Å². The third kappa shape index (κ3) is 1.97. The average Bonchev–Trinajstić information content (AvgIpc) is 2.51. The largest absolute Gasteiger partial charge is 0.489 e. The number of aromatic nitrogens is 1. The van der Waals surface area contributed by atoms with E-state index in [4.69, 9.17) is 10.5 Å². The summed E-state index contributed by atoms with van der Waals surface area (Å²) in [6, 6.07) is 9.74. The van der Waals surface area contributed by atoms with Crippen LogP contribution in [0.4, 0.5) is 0 Å². The third-order valence-electron chi connectivity index (χ3n) is 4.74. The van der Waals surface area contributed by atoms with Crippen LogP contribution in [0.5, 0.6) is 5.75 Å². The molecule has 21 heavy (non-hydrogen) atoms. The second-order valence-corrected chi connectivity index (χ2v) is 6.37. The first-order valence-corrected chi connectivity index (χ1v) is 7.17. The zero-order chi connectivity index (χ0) is 15.2. The molecule has 1 heterocycles. The van der Waals surface area contributed by atoms with Gasteiger partial charge in [0, 0.05) is 29.0 Å². The van der Waals surface area contributed by atoms with Crippen molar-refractivity contribution in [1.82, 2.24) is 4.98 Å². The van der Waals surface area contributed by atoms with E-state index in [1.165, 1.54) is 0 Å². The number of fused-ring (bicyclic) bond motifs is 1. The van der Waals surface area contributed by atoms with E-state index in [9.17, 15) is 5.26 Å². The molecule has 0 radical (unpaired) electrons. The minimum absolute atomic E-state index is 0.0537. The molecule has 3 atom stereocenters. The fourth-order valence-electron chi connectivity index (χ4n) is 3.35. The van der Waals surface area contributed by atoms with Gasteiger partial charge in [0.15, 0.2) is 0 Å². The second-order valence-electron chi connectivity index (χ2n) is 6.37. The quantitative estimate of drug-likeness (QED) is 0.918. The maximum absolute atomic E-state index is 9.18. The molecule has 1 aromatic carbocycles.